The van der Waals surface area contributed by atoms with Crippen LogP contribution in [0.1, 0.15) is 13.8 Å². The van der Waals surface area contributed by atoms with Crippen LogP contribution in [0.3, 0.4) is 0 Å². The van der Waals surface area contributed by atoms with E-state index in [-0.39, 0.29) is 28.8 Å². The first-order valence-electron chi connectivity index (χ1n) is 8.75. The molecule has 1 amide bonds. The summed E-state index contributed by atoms with van der Waals surface area (Å²) >= 11 is 0. The number of carbonyl (C=O) groups excluding carboxylic acids is 1. The number of nitrogens with zero attached hydrogens (tertiary/aromatic N) is 2. The van der Waals surface area contributed by atoms with E-state index in [1.165, 1.54) is 16.7 Å². The lowest BCUT2D eigenvalue weighted by molar-refractivity contribution is -0.384. The standard InChI is InChI=1S/C19H18N4O5/c1-9(2)16-18(24)21-14-7-10(23(26)27)6-12(17(14)28-16)13-8-22(3)19(25)15-11(13)4-5-20-15/h4-9,16,20H,1-3H3,(H,21,24). The number of aromatic nitrogens is 2. The number of nitro benzene ring substituents is 1. The Morgan fingerprint density at radius 1 is 1.25 bits per heavy atom. The summed E-state index contributed by atoms with van der Waals surface area (Å²) in [6.07, 6.45) is 2.53. The van der Waals surface area contributed by atoms with Crippen LogP contribution in [0.25, 0.3) is 22.0 Å². The number of benzene rings is 1. The molecule has 1 aliphatic heterocycles. The quantitative estimate of drug-likeness (QED) is 0.533. The van der Waals surface area contributed by atoms with Gasteiger partial charge in [-0.05, 0) is 12.0 Å². The lowest BCUT2D eigenvalue weighted by Gasteiger charge is -2.29. The van der Waals surface area contributed by atoms with E-state index in [1.54, 1.807) is 25.5 Å². The van der Waals surface area contributed by atoms with Gasteiger partial charge in [-0.15, -0.1) is 0 Å². The van der Waals surface area contributed by atoms with E-state index in [2.05, 4.69) is 10.3 Å². The smallest absolute Gasteiger partial charge is 0.274 e. The molecule has 1 atom stereocenters. The van der Waals surface area contributed by atoms with Gasteiger partial charge < -0.3 is 19.6 Å². The summed E-state index contributed by atoms with van der Waals surface area (Å²) in [5.41, 5.74) is 1.27. The molecule has 0 spiro atoms. The number of nitro groups is 1. The highest BCUT2D eigenvalue weighted by Crippen LogP contribution is 2.44. The van der Waals surface area contributed by atoms with Crippen molar-refractivity contribution in [2.24, 2.45) is 13.0 Å². The Kier molecular flexibility index (Phi) is 3.95. The second-order valence-electron chi connectivity index (χ2n) is 7.12. The predicted molar refractivity (Wildman–Crippen MR) is 104 cm³/mol. The van der Waals surface area contributed by atoms with Crippen molar-refractivity contribution >= 4 is 28.2 Å². The summed E-state index contributed by atoms with van der Waals surface area (Å²) in [7, 11) is 1.61. The van der Waals surface area contributed by atoms with Crippen LogP contribution in [0.15, 0.2) is 35.4 Å². The molecular weight excluding hydrogens is 364 g/mol. The first-order chi connectivity index (χ1) is 13.3. The monoisotopic (exact) mass is 382 g/mol. The van der Waals surface area contributed by atoms with Gasteiger partial charge in [0, 0.05) is 48.1 Å². The van der Waals surface area contributed by atoms with E-state index >= 15 is 0 Å². The number of anilines is 1. The molecule has 28 heavy (non-hydrogen) atoms. The molecule has 2 N–H and O–H groups in total. The summed E-state index contributed by atoms with van der Waals surface area (Å²) in [5, 5.41) is 14.8. The van der Waals surface area contributed by atoms with Crippen molar-refractivity contribution in [1.82, 2.24) is 9.55 Å². The van der Waals surface area contributed by atoms with E-state index in [4.69, 9.17) is 4.74 Å². The maximum Gasteiger partial charge on any atom is 0.274 e. The number of pyridine rings is 1. The Hall–Kier alpha value is -3.62. The number of amides is 1. The SMILES string of the molecule is CC(C)C1Oc2c(cc([N+](=O)[O-])cc2-c2cn(C)c(=O)c3[nH]ccc23)NC1=O. The maximum absolute atomic E-state index is 12.4. The molecule has 9 nitrogen and oxygen atoms in total. The number of nitrogens with one attached hydrogen (secondary N) is 2. The number of H-pyrrole nitrogens is 1. The average Bonchev–Trinajstić information content (AvgIpc) is 3.13. The number of aryl methyl sites for hydroxylation is 1. The normalized spacial score (nSPS) is 16.0. The summed E-state index contributed by atoms with van der Waals surface area (Å²) < 4.78 is 7.39. The molecule has 1 aliphatic rings. The highest BCUT2D eigenvalue weighted by Gasteiger charge is 2.34. The van der Waals surface area contributed by atoms with Crippen molar-refractivity contribution in [1.29, 1.82) is 0 Å². The van der Waals surface area contributed by atoms with E-state index in [0.29, 0.717) is 27.8 Å². The molecule has 2 aromatic heterocycles. The van der Waals surface area contributed by atoms with Gasteiger partial charge in [0.25, 0.3) is 17.2 Å². The second kappa shape index (κ2) is 6.22. The molecule has 1 unspecified atom stereocenters. The molecule has 0 saturated carbocycles. The minimum absolute atomic E-state index is 0.0939. The second-order valence-corrected chi connectivity index (χ2v) is 7.12. The highest BCUT2D eigenvalue weighted by molar-refractivity contribution is 6.03. The Labute approximate surface area is 159 Å². The first kappa shape index (κ1) is 17.8. The van der Waals surface area contributed by atoms with E-state index in [0.717, 1.165) is 0 Å². The van der Waals surface area contributed by atoms with Crippen molar-refractivity contribution in [3.63, 3.8) is 0 Å². The van der Waals surface area contributed by atoms with Crippen LogP contribution in [0.5, 0.6) is 5.75 Å². The Bertz CT molecular complexity index is 1190. The lowest BCUT2D eigenvalue weighted by atomic mass is 9.98. The Morgan fingerprint density at radius 3 is 2.68 bits per heavy atom. The van der Waals surface area contributed by atoms with Crippen LogP contribution in [0, 0.1) is 16.0 Å². The average molecular weight is 382 g/mol. The van der Waals surface area contributed by atoms with Gasteiger partial charge in [0.05, 0.1) is 10.6 Å². The van der Waals surface area contributed by atoms with Crippen LogP contribution >= 0.6 is 0 Å². The number of ether oxygens (including phenoxy) is 1. The number of aromatic amines is 1. The van der Waals surface area contributed by atoms with Crippen LogP contribution in [-0.2, 0) is 11.8 Å². The number of hydrogen-bond acceptors (Lipinski definition) is 5. The highest BCUT2D eigenvalue weighted by atomic mass is 16.6. The third-order valence-electron chi connectivity index (χ3n) is 4.84. The van der Waals surface area contributed by atoms with E-state index in [1.807, 2.05) is 13.8 Å². The Morgan fingerprint density at radius 2 is 2.00 bits per heavy atom. The van der Waals surface area contributed by atoms with Crippen molar-refractivity contribution in [3.05, 3.63) is 51.1 Å². The van der Waals surface area contributed by atoms with Gasteiger partial charge in [-0.2, -0.15) is 0 Å². The van der Waals surface area contributed by atoms with Gasteiger partial charge in [0.15, 0.2) is 11.9 Å². The van der Waals surface area contributed by atoms with Gasteiger partial charge in [-0.3, -0.25) is 19.7 Å². The van der Waals surface area contributed by atoms with Gasteiger partial charge in [-0.25, -0.2) is 0 Å². The molecule has 9 heteroatoms. The maximum atomic E-state index is 12.4. The zero-order valence-electron chi connectivity index (χ0n) is 15.5. The van der Waals surface area contributed by atoms with Gasteiger partial charge in [-0.1, -0.05) is 13.8 Å². The van der Waals surface area contributed by atoms with Crippen LogP contribution in [0.4, 0.5) is 11.4 Å². The van der Waals surface area contributed by atoms with Crippen molar-refractivity contribution in [3.8, 4) is 16.9 Å². The van der Waals surface area contributed by atoms with Crippen molar-refractivity contribution < 1.29 is 14.5 Å². The van der Waals surface area contributed by atoms with Crippen molar-refractivity contribution in [2.75, 3.05) is 5.32 Å². The fraction of sp³-hybridized carbons (Fsp3) is 0.263. The fourth-order valence-corrected chi connectivity index (χ4v) is 3.45. The first-order valence-corrected chi connectivity index (χ1v) is 8.75. The molecule has 0 bridgehead atoms. The predicted octanol–water partition coefficient (Wildman–Crippen LogP) is 2.80. The molecule has 0 fully saturated rings. The van der Waals surface area contributed by atoms with Crippen LogP contribution in [-0.4, -0.2) is 26.5 Å². The van der Waals surface area contributed by atoms with E-state index in [9.17, 15) is 19.7 Å². The molecule has 3 aromatic rings. The molecule has 0 radical (unpaired) electrons. The third kappa shape index (κ3) is 2.63. The fourth-order valence-electron chi connectivity index (χ4n) is 3.45. The van der Waals surface area contributed by atoms with Gasteiger partial charge in [0.1, 0.15) is 5.52 Å². The third-order valence-corrected chi connectivity index (χ3v) is 4.84. The largest absolute Gasteiger partial charge is 0.477 e. The molecule has 1 aromatic carbocycles. The molecule has 0 saturated heterocycles. The molecular formula is C19H18N4O5. The number of hydrogen-bond donors (Lipinski definition) is 2. The Balaban J connectivity index is 2.04. The summed E-state index contributed by atoms with van der Waals surface area (Å²) in [6, 6.07) is 4.42. The summed E-state index contributed by atoms with van der Waals surface area (Å²) in [5.74, 6) is -0.0881. The number of carbonyl (C=O) groups is 1. The summed E-state index contributed by atoms with van der Waals surface area (Å²) in [4.78, 5) is 38.5. The molecule has 4 rings (SSSR count). The van der Waals surface area contributed by atoms with Gasteiger partial charge in [0.2, 0.25) is 0 Å². The summed E-state index contributed by atoms with van der Waals surface area (Å²) in [6.45, 7) is 3.72. The van der Waals surface area contributed by atoms with Crippen LogP contribution < -0.4 is 15.6 Å². The van der Waals surface area contributed by atoms with Crippen molar-refractivity contribution in [2.45, 2.75) is 20.0 Å². The zero-order chi connectivity index (χ0) is 20.2. The molecule has 3 heterocycles. The zero-order valence-corrected chi connectivity index (χ0v) is 15.5. The number of rotatable bonds is 3. The van der Waals surface area contributed by atoms with Crippen LogP contribution in [0.2, 0.25) is 0 Å². The number of fused-ring (bicyclic) bond motifs is 2. The number of non-ortho nitro benzene ring substituents is 1. The molecule has 0 aliphatic carbocycles. The topological polar surface area (TPSA) is 119 Å². The van der Waals surface area contributed by atoms with E-state index < -0.39 is 11.0 Å². The molecule has 144 valence electrons. The van der Waals surface area contributed by atoms with Gasteiger partial charge >= 0.3 is 0 Å². The minimum Gasteiger partial charge on any atom is -0.477 e. The lowest BCUT2D eigenvalue weighted by Crippen LogP contribution is -2.40. The minimum atomic E-state index is -0.720.